The summed E-state index contributed by atoms with van der Waals surface area (Å²) in [4.78, 5) is 11.5. The Kier molecular flexibility index (Phi) is 4.28. The molecule has 0 radical (unpaired) electrons. The molecule has 0 fully saturated rings. The normalized spacial score (nSPS) is 15.6. The highest BCUT2D eigenvalue weighted by molar-refractivity contribution is 7.63. The molecule has 5 nitrogen and oxygen atoms in total. The van der Waals surface area contributed by atoms with Crippen LogP contribution in [0.25, 0.3) is 0 Å². The molecule has 0 aliphatic carbocycles. The fourth-order valence-corrected chi connectivity index (χ4v) is 2.48. The quantitative estimate of drug-likeness (QED) is 0.844. The molecule has 0 saturated heterocycles. The molecule has 1 aromatic rings. The van der Waals surface area contributed by atoms with Gasteiger partial charge in [0.05, 0.1) is 7.14 Å². The van der Waals surface area contributed by atoms with Gasteiger partial charge in [-0.25, -0.2) is 9.97 Å². The third-order valence-corrected chi connectivity index (χ3v) is 5.19. The zero-order valence-electron chi connectivity index (χ0n) is 9.81. The van der Waals surface area contributed by atoms with Crippen molar-refractivity contribution in [1.82, 2.24) is 15.0 Å². The lowest BCUT2D eigenvalue weighted by atomic mass is 10.2. The van der Waals surface area contributed by atoms with E-state index in [1.807, 2.05) is 13.8 Å². The Hall–Kier alpha value is -0.670. The molecule has 1 N–H and O–H groups in total. The Balaban J connectivity index is 2.72. The Morgan fingerprint density at radius 1 is 1.38 bits per heavy atom. The summed E-state index contributed by atoms with van der Waals surface area (Å²) in [7, 11) is -2.13. The summed E-state index contributed by atoms with van der Waals surface area (Å²) in [5, 5.41) is 3.22. The number of aromatic nitrogens is 3. The molecule has 0 amide bonds. The van der Waals surface area contributed by atoms with Gasteiger partial charge in [0.15, 0.2) is 0 Å². The van der Waals surface area contributed by atoms with E-state index < -0.39 is 7.14 Å². The van der Waals surface area contributed by atoms with E-state index in [-0.39, 0.29) is 17.0 Å². The number of nitrogens with zero attached hydrogens (tertiary/aromatic N) is 3. The summed E-state index contributed by atoms with van der Waals surface area (Å²) in [5.74, 6) is 0.410. The largest absolute Gasteiger partial charge is 0.351 e. The van der Waals surface area contributed by atoms with Gasteiger partial charge < -0.3 is 9.88 Å². The maximum absolute atomic E-state index is 11.9. The number of hydrogen-bond acceptors (Lipinski definition) is 5. The van der Waals surface area contributed by atoms with Crippen LogP contribution in [0.3, 0.4) is 0 Å². The summed E-state index contributed by atoms with van der Waals surface area (Å²) in [6.45, 7) is 7.44. The first-order chi connectivity index (χ1) is 7.30. The Bertz CT molecular complexity index is 408. The van der Waals surface area contributed by atoms with Gasteiger partial charge in [-0.3, -0.25) is 0 Å². The van der Waals surface area contributed by atoms with Gasteiger partial charge in [0.25, 0.3) is 0 Å². The first-order valence-corrected chi connectivity index (χ1v) is 8.01. The van der Waals surface area contributed by atoms with E-state index in [1.165, 1.54) is 6.33 Å². The number of halogens is 1. The average Bonchev–Trinajstić information content (AvgIpc) is 2.15. The molecule has 2 atom stereocenters. The SMILES string of the molecule is CC(Nc1ncnc(Cl)n1)[C@@H](C)P(C)(C)=O. The first kappa shape index (κ1) is 13.4. The molecule has 0 spiro atoms. The maximum Gasteiger partial charge on any atom is 0.227 e. The third-order valence-electron chi connectivity index (χ3n) is 2.60. The number of hydrogen-bond donors (Lipinski definition) is 1. The molecule has 0 aromatic carbocycles. The highest BCUT2D eigenvalue weighted by Crippen LogP contribution is 2.44. The van der Waals surface area contributed by atoms with Crippen LogP contribution in [0.5, 0.6) is 0 Å². The van der Waals surface area contributed by atoms with Gasteiger partial charge in [0.2, 0.25) is 11.2 Å². The molecule has 0 saturated carbocycles. The van der Waals surface area contributed by atoms with Gasteiger partial charge in [0, 0.05) is 11.7 Å². The minimum absolute atomic E-state index is 0.0132. The lowest BCUT2D eigenvalue weighted by Crippen LogP contribution is -2.29. The summed E-state index contributed by atoms with van der Waals surface area (Å²) in [5.41, 5.74) is 0.0445. The van der Waals surface area contributed by atoms with E-state index in [2.05, 4.69) is 20.3 Å². The smallest absolute Gasteiger partial charge is 0.227 e. The molecule has 1 heterocycles. The van der Waals surface area contributed by atoms with Crippen LogP contribution in [0.15, 0.2) is 6.33 Å². The minimum atomic E-state index is -2.13. The summed E-state index contributed by atoms with van der Waals surface area (Å²) < 4.78 is 11.9. The molecular formula is C9H16ClN4OP. The van der Waals surface area contributed by atoms with Crippen LogP contribution in [-0.4, -0.2) is 40.0 Å². The minimum Gasteiger partial charge on any atom is -0.351 e. The molecule has 90 valence electrons. The van der Waals surface area contributed by atoms with Crippen molar-refractivity contribution in [1.29, 1.82) is 0 Å². The van der Waals surface area contributed by atoms with Crippen LogP contribution in [0.4, 0.5) is 5.95 Å². The van der Waals surface area contributed by atoms with Crippen molar-refractivity contribution in [2.24, 2.45) is 0 Å². The van der Waals surface area contributed by atoms with Gasteiger partial charge in [-0.1, -0.05) is 6.92 Å². The van der Waals surface area contributed by atoms with Crippen LogP contribution in [0, 0.1) is 0 Å². The van der Waals surface area contributed by atoms with Gasteiger partial charge >= 0.3 is 0 Å². The fraction of sp³-hybridized carbons (Fsp3) is 0.667. The van der Waals surface area contributed by atoms with Crippen molar-refractivity contribution in [2.75, 3.05) is 18.6 Å². The molecule has 0 aliphatic heterocycles. The van der Waals surface area contributed by atoms with Crippen molar-refractivity contribution in [3.63, 3.8) is 0 Å². The second-order valence-corrected chi connectivity index (χ2v) is 8.21. The second kappa shape index (κ2) is 5.11. The molecule has 1 aromatic heterocycles. The first-order valence-electron chi connectivity index (χ1n) is 4.96. The Morgan fingerprint density at radius 3 is 2.50 bits per heavy atom. The Labute approximate surface area is 100 Å². The van der Waals surface area contributed by atoms with E-state index in [0.29, 0.717) is 5.95 Å². The van der Waals surface area contributed by atoms with Gasteiger partial charge in [0.1, 0.15) is 6.33 Å². The highest BCUT2D eigenvalue weighted by atomic mass is 35.5. The lowest BCUT2D eigenvalue weighted by molar-refractivity contribution is 0.567. The average molecular weight is 263 g/mol. The van der Waals surface area contributed by atoms with Crippen LogP contribution >= 0.6 is 18.7 Å². The number of nitrogens with one attached hydrogen (secondary N) is 1. The summed E-state index contributed by atoms with van der Waals surface area (Å²) >= 11 is 5.64. The van der Waals surface area contributed by atoms with Crippen molar-refractivity contribution >= 4 is 24.7 Å². The Morgan fingerprint density at radius 2 is 2.00 bits per heavy atom. The molecule has 0 bridgehead atoms. The predicted octanol–water partition coefficient (Wildman–Crippen LogP) is 2.34. The fourth-order valence-electron chi connectivity index (χ4n) is 1.21. The number of anilines is 1. The van der Waals surface area contributed by atoms with Gasteiger partial charge in [-0.15, -0.1) is 0 Å². The zero-order valence-corrected chi connectivity index (χ0v) is 11.5. The van der Waals surface area contributed by atoms with E-state index in [9.17, 15) is 4.57 Å². The van der Waals surface area contributed by atoms with Crippen molar-refractivity contribution in [3.8, 4) is 0 Å². The molecular weight excluding hydrogens is 247 g/mol. The molecule has 1 rings (SSSR count). The van der Waals surface area contributed by atoms with Crippen LogP contribution in [0.1, 0.15) is 13.8 Å². The van der Waals surface area contributed by atoms with Crippen molar-refractivity contribution in [3.05, 3.63) is 11.6 Å². The van der Waals surface area contributed by atoms with E-state index in [0.717, 1.165) is 0 Å². The lowest BCUT2D eigenvalue weighted by Gasteiger charge is -2.24. The van der Waals surface area contributed by atoms with Crippen LogP contribution in [0.2, 0.25) is 5.28 Å². The van der Waals surface area contributed by atoms with Crippen LogP contribution < -0.4 is 5.32 Å². The highest BCUT2D eigenvalue weighted by Gasteiger charge is 2.24. The topological polar surface area (TPSA) is 67.8 Å². The molecule has 1 unspecified atom stereocenters. The third kappa shape index (κ3) is 3.72. The zero-order chi connectivity index (χ0) is 12.3. The standard InChI is InChI=1S/C9H16ClN4OP/c1-6(7(2)16(3,4)15)13-9-12-5-11-8(10)14-9/h5-7H,1-4H3,(H,11,12,13,14)/t6?,7-/m1/s1. The van der Waals surface area contributed by atoms with E-state index in [1.54, 1.807) is 13.3 Å². The van der Waals surface area contributed by atoms with Gasteiger partial charge in [-0.05, 0) is 31.9 Å². The molecule has 0 aliphatic rings. The predicted molar refractivity (Wildman–Crippen MR) is 66.8 cm³/mol. The summed E-state index contributed by atoms with van der Waals surface area (Å²) in [6.07, 6.45) is 1.34. The maximum atomic E-state index is 11.9. The molecule has 7 heteroatoms. The van der Waals surface area contributed by atoms with E-state index in [4.69, 9.17) is 11.6 Å². The van der Waals surface area contributed by atoms with Crippen molar-refractivity contribution < 1.29 is 4.57 Å². The second-order valence-electron chi connectivity index (χ2n) is 4.19. The van der Waals surface area contributed by atoms with E-state index >= 15 is 0 Å². The van der Waals surface area contributed by atoms with Crippen molar-refractivity contribution in [2.45, 2.75) is 25.5 Å². The van der Waals surface area contributed by atoms with Gasteiger partial charge in [-0.2, -0.15) is 4.98 Å². The molecule has 16 heavy (non-hydrogen) atoms. The summed E-state index contributed by atoms with van der Waals surface area (Å²) in [6, 6.07) is 0.0132. The monoisotopic (exact) mass is 262 g/mol. The van der Waals surface area contributed by atoms with Crippen LogP contribution in [-0.2, 0) is 4.57 Å². The number of rotatable bonds is 4.